The van der Waals surface area contributed by atoms with Gasteiger partial charge in [-0.15, -0.1) is 24.8 Å². The summed E-state index contributed by atoms with van der Waals surface area (Å²) >= 11 is 0. The molecule has 0 aromatic heterocycles. The molecule has 1 fully saturated rings. The number of nitrogens with one attached hydrogen (secondary N) is 2. The molecule has 4 N–H and O–H groups in total. The van der Waals surface area contributed by atoms with Gasteiger partial charge in [0.1, 0.15) is 5.54 Å². The summed E-state index contributed by atoms with van der Waals surface area (Å²) in [6.07, 6.45) is 2.06. The van der Waals surface area contributed by atoms with Crippen LogP contribution in [0, 0.1) is 5.92 Å². The number of amides is 2. The molecule has 1 aromatic carbocycles. The second-order valence-electron chi connectivity index (χ2n) is 6.94. The molecular weight excluding hydrogens is 375 g/mol. The summed E-state index contributed by atoms with van der Waals surface area (Å²) in [6, 6.07) is 7.24. The molecule has 0 bridgehead atoms. The summed E-state index contributed by atoms with van der Waals surface area (Å²) in [4.78, 5) is 26.9. The van der Waals surface area contributed by atoms with Crippen LogP contribution in [0.2, 0.25) is 0 Å². The fourth-order valence-electron chi connectivity index (χ4n) is 3.43. The smallest absolute Gasteiger partial charge is 0.250 e. The number of piperidine rings is 1. The summed E-state index contributed by atoms with van der Waals surface area (Å²) < 4.78 is 0. The number of carbonyl (C=O) groups excluding carboxylic acids is 2. The second kappa shape index (κ2) is 8.93. The molecule has 1 aromatic rings. The Labute approximate surface area is 167 Å². The molecule has 8 heteroatoms. The lowest BCUT2D eigenvalue weighted by Crippen LogP contribution is -2.60. The second-order valence-corrected chi connectivity index (χ2v) is 6.94. The molecule has 0 aliphatic carbocycles. The molecule has 2 heterocycles. The third-order valence-corrected chi connectivity index (χ3v) is 5.45. The Morgan fingerprint density at radius 2 is 1.81 bits per heavy atom. The van der Waals surface area contributed by atoms with Crippen molar-refractivity contribution in [3.05, 3.63) is 24.3 Å². The number of hydrogen-bond acceptors (Lipinski definition) is 4. The Kier molecular flexibility index (Phi) is 7.74. The lowest BCUT2D eigenvalue weighted by molar-refractivity contribution is -0.137. The highest BCUT2D eigenvalue weighted by atomic mass is 35.5. The molecule has 0 unspecified atom stereocenters. The first-order valence-corrected chi connectivity index (χ1v) is 8.70. The standard InChI is InChI=1S/C18H26N4O2.2ClH/c1-3-12(2)15(19)16(23)22-10-8-18(9-11-22)17(24)20-13-6-4-5-7-14(13)21-18;;/h4-7,12,15,21H,3,8-11,19H2,1-2H3,(H,20,24);2*1H/t12-,15-;;/m0../s1. The van der Waals surface area contributed by atoms with Crippen LogP contribution in [0.3, 0.4) is 0 Å². The summed E-state index contributed by atoms with van der Waals surface area (Å²) in [5.74, 6) is 0.145. The van der Waals surface area contributed by atoms with Crippen molar-refractivity contribution < 1.29 is 9.59 Å². The molecule has 6 nitrogen and oxygen atoms in total. The molecule has 2 aliphatic heterocycles. The third kappa shape index (κ3) is 4.08. The maximum atomic E-state index is 12.6. The number of fused-ring (bicyclic) bond motifs is 1. The number of hydrogen-bond donors (Lipinski definition) is 3. The highest BCUT2D eigenvalue weighted by Crippen LogP contribution is 2.36. The lowest BCUT2D eigenvalue weighted by Gasteiger charge is -2.44. The predicted octanol–water partition coefficient (Wildman–Crippen LogP) is 2.63. The molecule has 146 valence electrons. The van der Waals surface area contributed by atoms with Crippen LogP contribution >= 0.6 is 24.8 Å². The van der Waals surface area contributed by atoms with Crippen molar-refractivity contribution in [3.8, 4) is 0 Å². The number of rotatable bonds is 3. The number of carbonyl (C=O) groups is 2. The van der Waals surface area contributed by atoms with Gasteiger partial charge in [0, 0.05) is 13.1 Å². The van der Waals surface area contributed by atoms with Crippen LogP contribution in [0.4, 0.5) is 11.4 Å². The van der Waals surface area contributed by atoms with Crippen molar-refractivity contribution in [2.75, 3.05) is 23.7 Å². The Hall–Kier alpha value is -1.50. The largest absolute Gasteiger partial charge is 0.369 e. The molecule has 1 saturated heterocycles. The molecule has 3 rings (SSSR count). The Morgan fingerprint density at radius 3 is 2.38 bits per heavy atom. The topological polar surface area (TPSA) is 87.5 Å². The Bertz CT molecular complexity index is 648. The summed E-state index contributed by atoms with van der Waals surface area (Å²) in [5, 5.41) is 6.39. The first-order chi connectivity index (χ1) is 11.5. The van der Waals surface area contributed by atoms with E-state index in [1.165, 1.54) is 0 Å². The van der Waals surface area contributed by atoms with Crippen molar-refractivity contribution >= 4 is 48.0 Å². The van der Waals surface area contributed by atoms with Crippen molar-refractivity contribution in [2.24, 2.45) is 11.7 Å². The van der Waals surface area contributed by atoms with E-state index < -0.39 is 11.6 Å². The number of halogens is 2. The molecular formula is C18H28Cl2N4O2. The van der Waals surface area contributed by atoms with Gasteiger partial charge in [-0.2, -0.15) is 0 Å². The van der Waals surface area contributed by atoms with Crippen LogP contribution in [0.1, 0.15) is 33.1 Å². The van der Waals surface area contributed by atoms with E-state index in [9.17, 15) is 9.59 Å². The quantitative estimate of drug-likeness (QED) is 0.724. The molecule has 2 atom stereocenters. The zero-order valence-corrected chi connectivity index (χ0v) is 16.8. The molecule has 0 saturated carbocycles. The third-order valence-electron chi connectivity index (χ3n) is 5.45. The van der Waals surface area contributed by atoms with Crippen LogP contribution in [-0.2, 0) is 9.59 Å². The molecule has 2 aliphatic rings. The van der Waals surface area contributed by atoms with Crippen LogP contribution < -0.4 is 16.4 Å². The molecule has 2 amide bonds. The summed E-state index contributed by atoms with van der Waals surface area (Å²) in [5.41, 5.74) is 7.19. The van der Waals surface area contributed by atoms with E-state index >= 15 is 0 Å². The van der Waals surface area contributed by atoms with Crippen LogP contribution in [0.15, 0.2) is 24.3 Å². The molecule has 26 heavy (non-hydrogen) atoms. The van der Waals surface area contributed by atoms with Gasteiger partial charge in [0.2, 0.25) is 11.8 Å². The van der Waals surface area contributed by atoms with Gasteiger partial charge in [-0.25, -0.2) is 0 Å². The number of benzene rings is 1. The average Bonchev–Trinajstić information content (AvgIpc) is 2.61. The van der Waals surface area contributed by atoms with Gasteiger partial charge in [0.15, 0.2) is 0 Å². The number of likely N-dealkylation sites (tertiary alicyclic amines) is 1. The highest BCUT2D eigenvalue weighted by Gasteiger charge is 2.45. The number of nitrogens with zero attached hydrogens (tertiary/aromatic N) is 1. The van der Waals surface area contributed by atoms with Crippen molar-refractivity contribution in [1.29, 1.82) is 0 Å². The minimum Gasteiger partial charge on any atom is -0.369 e. The van der Waals surface area contributed by atoms with Gasteiger partial charge in [0.05, 0.1) is 17.4 Å². The van der Waals surface area contributed by atoms with Gasteiger partial charge in [-0.3, -0.25) is 9.59 Å². The maximum Gasteiger partial charge on any atom is 0.250 e. The van der Waals surface area contributed by atoms with E-state index in [2.05, 4.69) is 10.6 Å². The Morgan fingerprint density at radius 1 is 1.23 bits per heavy atom. The van der Waals surface area contributed by atoms with E-state index in [1.54, 1.807) is 4.90 Å². The normalized spacial score (nSPS) is 19.8. The minimum atomic E-state index is -0.633. The van der Waals surface area contributed by atoms with Crippen molar-refractivity contribution in [1.82, 2.24) is 4.90 Å². The van der Waals surface area contributed by atoms with E-state index in [4.69, 9.17) is 5.73 Å². The number of anilines is 2. The van der Waals surface area contributed by atoms with Crippen molar-refractivity contribution in [3.63, 3.8) is 0 Å². The van der Waals surface area contributed by atoms with E-state index in [0.717, 1.165) is 17.8 Å². The van der Waals surface area contributed by atoms with Gasteiger partial charge in [0.25, 0.3) is 0 Å². The minimum absolute atomic E-state index is 0. The zero-order chi connectivity index (χ0) is 17.3. The zero-order valence-electron chi connectivity index (χ0n) is 15.2. The summed E-state index contributed by atoms with van der Waals surface area (Å²) in [7, 11) is 0. The van der Waals surface area contributed by atoms with Gasteiger partial charge in [-0.1, -0.05) is 32.4 Å². The molecule has 0 radical (unpaired) electrons. The maximum absolute atomic E-state index is 12.6. The van der Waals surface area contributed by atoms with Gasteiger partial charge in [-0.05, 0) is 30.9 Å². The van der Waals surface area contributed by atoms with E-state index in [-0.39, 0.29) is 42.5 Å². The average molecular weight is 403 g/mol. The first-order valence-electron chi connectivity index (χ1n) is 8.70. The fraction of sp³-hybridized carbons (Fsp3) is 0.556. The number of para-hydroxylation sites is 2. The monoisotopic (exact) mass is 402 g/mol. The van der Waals surface area contributed by atoms with E-state index in [1.807, 2.05) is 38.1 Å². The van der Waals surface area contributed by atoms with Crippen molar-refractivity contribution in [2.45, 2.75) is 44.7 Å². The lowest BCUT2D eigenvalue weighted by atomic mass is 9.84. The SMILES string of the molecule is CC[C@H](C)[C@H](N)C(=O)N1CCC2(CC1)Nc1ccccc1NC2=O.Cl.Cl. The van der Waals surface area contributed by atoms with Crippen LogP contribution in [0.5, 0.6) is 0 Å². The van der Waals surface area contributed by atoms with Crippen LogP contribution in [-0.4, -0.2) is 41.4 Å². The molecule has 1 spiro atoms. The van der Waals surface area contributed by atoms with Gasteiger partial charge < -0.3 is 21.3 Å². The number of nitrogens with two attached hydrogens (primary N) is 1. The summed E-state index contributed by atoms with van der Waals surface area (Å²) in [6.45, 7) is 5.13. The first kappa shape index (κ1) is 22.5. The Balaban J connectivity index is 0.00000169. The fourth-order valence-corrected chi connectivity index (χ4v) is 3.43. The van der Waals surface area contributed by atoms with E-state index in [0.29, 0.717) is 25.9 Å². The highest BCUT2D eigenvalue weighted by molar-refractivity contribution is 6.06. The predicted molar refractivity (Wildman–Crippen MR) is 109 cm³/mol. The van der Waals surface area contributed by atoms with Crippen LogP contribution in [0.25, 0.3) is 0 Å². The van der Waals surface area contributed by atoms with Gasteiger partial charge >= 0.3 is 0 Å².